The van der Waals surface area contributed by atoms with E-state index in [1.165, 1.54) is 111 Å². The minimum atomic E-state index is 0.998. The Labute approximate surface area is 392 Å². The Morgan fingerprint density at radius 3 is 1.39 bits per heavy atom. The molecule has 0 radical (unpaired) electrons. The summed E-state index contributed by atoms with van der Waals surface area (Å²) in [5, 5.41) is 7.10. The summed E-state index contributed by atoms with van der Waals surface area (Å²) < 4.78 is 0. The first-order valence-corrected chi connectivity index (χ1v) is 23.2. The first kappa shape index (κ1) is 40.0. The van der Waals surface area contributed by atoms with Crippen molar-refractivity contribution < 1.29 is 0 Å². The quantitative estimate of drug-likeness (QED) is 0.143. The molecule has 0 N–H and O–H groups in total. The largest absolute Gasteiger partial charge is 0.0905 e. The van der Waals surface area contributed by atoms with Gasteiger partial charge in [0, 0.05) is 0 Å². The highest BCUT2D eigenvalue weighted by molar-refractivity contribution is 6.24. The monoisotopic (exact) mass is 850 g/mol. The normalized spacial score (nSPS) is 12.0. The van der Waals surface area contributed by atoms with Gasteiger partial charge in [0.25, 0.3) is 0 Å². The summed E-state index contributed by atoms with van der Waals surface area (Å²) in [6, 6.07) is 84.5. The fraction of sp³-hybridized carbons (Fsp3) is 0.0149. The van der Waals surface area contributed by atoms with Crippen LogP contribution < -0.4 is 10.4 Å². The van der Waals surface area contributed by atoms with Crippen molar-refractivity contribution in [1.29, 1.82) is 0 Å². The van der Waals surface area contributed by atoms with Crippen LogP contribution in [-0.4, -0.2) is 0 Å². The maximum atomic E-state index is 5.19. The van der Waals surface area contributed by atoms with Gasteiger partial charge in [-0.3, -0.25) is 0 Å². The molecule has 0 fully saturated rings. The molecule has 0 spiro atoms. The van der Waals surface area contributed by atoms with Gasteiger partial charge in [-0.15, -0.1) is 0 Å². The fourth-order valence-electron chi connectivity index (χ4n) is 10.6. The molecule has 0 bridgehead atoms. The van der Waals surface area contributed by atoms with E-state index in [0.717, 1.165) is 21.6 Å². The molecule has 0 saturated carbocycles. The third kappa shape index (κ3) is 6.85. The van der Waals surface area contributed by atoms with Crippen LogP contribution >= 0.6 is 0 Å². The standard InChI is InChI=1S/C67H46/c1-3-4-30-54-44(2)63(61-42-51(45-20-9-5-10-21-45)35-37-55(61)48-25-13-7-14-26-48)66-59-32-19-31-58-57(53-34-33-47-24-17-18-29-50(47)41-53)39-40-60(64(58)59)67(66)65(54)62-43-52(46-22-11-6-12-23-46)36-38-56(62)49-27-15-8-16-28-49/h3-43H,2H2,1H3/b4-3-,54-30+. The van der Waals surface area contributed by atoms with Gasteiger partial charge in [-0.2, -0.15) is 0 Å². The average molecular weight is 851 g/mol. The molecule has 11 aromatic rings. The molecule has 0 heteroatoms. The van der Waals surface area contributed by atoms with Gasteiger partial charge in [0.15, 0.2) is 0 Å². The van der Waals surface area contributed by atoms with Gasteiger partial charge in [0.05, 0.1) is 0 Å². The van der Waals surface area contributed by atoms with Crippen molar-refractivity contribution in [3.8, 4) is 100 Å². The molecule has 0 unspecified atom stereocenters. The van der Waals surface area contributed by atoms with E-state index in [1.54, 1.807) is 0 Å². The second kappa shape index (κ2) is 16.8. The summed E-state index contributed by atoms with van der Waals surface area (Å²) in [4.78, 5) is 0. The van der Waals surface area contributed by atoms with Gasteiger partial charge in [-0.05, 0) is 157 Å². The Kier molecular flexibility index (Phi) is 10.0. The van der Waals surface area contributed by atoms with Crippen LogP contribution in [0.25, 0.3) is 134 Å². The molecule has 0 nitrogen and oxygen atoms in total. The highest BCUT2D eigenvalue weighted by Crippen LogP contribution is 2.56. The van der Waals surface area contributed by atoms with E-state index in [1.807, 2.05) is 0 Å². The molecule has 0 amide bonds. The number of rotatable bonds is 8. The molecule has 0 aliphatic heterocycles. The highest BCUT2D eigenvalue weighted by Gasteiger charge is 2.32. The molecule has 1 aliphatic rings. The van der Waals surface area contributed by atoms with E-state index in [4.69, 9.17) is 6.58 Å². The summed E-state index contributed by atoms with van der Waals surface area (Å²) in [5.74, 6) is 0. The topological polar surface area (TPSA) is 0 Å². The Bertz CT molecular complexity index is 3840. The smallest absolute Gasteiger partial charge is 0.000719 e. The molecule has 12 rings (SSSR count). The zero-order valence-corrected chi connectivity index (χ0v) is 37.4. The Hall–Kier alpha value is -8.58. The van der Waals surface area contributed by atoms with Crippen LogP contribution in [0.5, 0.6) is 0 Å². The van der Waals surface area contributed by atoms with Crippen LogP contribution in [0.4, 0.5) is 0 Å². The molecule has 11 aromatic carbocycles. The molecule has 0 heterocycles. The summed E-state index contributed by atoms with van der Waals surface area (Å²) in [6.45, 7) is 7.29. The van der Waals surface area contributed by atoms with E-state index < -0.39 is 0 Å². The summed E-state index contributed by atoms with van der Waals surface area (Å²) in [5.41, 5.74) is 21.4. The van der Waals surface area contributed by atoms with Gasteiger partial charge < -0.3 is 0 Å². The maximum Gasteiger partial charge on any atom is -0.000719 e. The number of benzene rings is 11. The van der Waals surface area contributed by atoms with Crippen LogP contribution in [0.3, 0.4) is 0 Å². The zero-order chi connectivity index (χ0) is 44.8. The van der Waals surface area contributed by atoms with Crippen LogP contribution in [0, 0.1) is 0 Å². The number of allylic oxidation sites excluding steroid dienone is 2. The minimum absolute atomic E-state index is 0.998. The molecule has 0 aromatic heterocycles. The van der Waals surface area contributed by atoms with Gasteiger partial charge in [0.2, 0.25) is 0 Å². The van der Waals surface area contributed by atoms with Crippen LogP contribution in [0.2, 0.25) is 0 Å². The second-order valence-electron chi connectivity index (χ2n) is 17.5. The minimum Gasteiger partial charge on any atom is -0.0905 e. The Morgan fingerprint density at radius 2 is 0.791 bits per heavy atom. The lowest BCUT2D eigenvalue weighted by molar-refractivity contribution is 1.48. The number of hydrogen-bond donors (Lipinski definition) is 0. The Morgan fingerprint density at radius 1 is 0.313 bits per heavy atom. The van der Waals surface area contributed by atoms with E-state index in [2.05, 4.69) is 256 Å². The summed E-state index contributed by atoms with van der Waals surface area (Å²) >= 11 is 0. The van der Waals surface area contributed by atoms with Crippen molar-refractivity contribution in [3.63, 3.8) is 0 Å². The SMILES string of the molecule is C=c1c(-c2cc(-c3ccccc3)ccc2-c2ccccc2)c2c(c(-c3cc(-c4ccccc4)ccc3-c3ccccc3)/c1=C/C=C\C)-c1ccc(-c3ccc4ccccc4c3)c3cccc-2c13. The highest BCUT2D eigenvalue weighted by atomic mass is 14.3. The molecule has 0 saturated heterocycles. The second-order valence-corrected chi connectivity index (χ2v) is 17.5. The van der Waals surface area contributed by atoms with Crippen molar-refractivity contribution in [2.24, 2.45) is 0 Å². The molecular weight excluding hydrogens is 805 g/mol. The lowest BCUT2D eigenvalue weighted by atomic mass is 9.80. The summed E-state index contributed by atoms with van der Waals surface area (Å²) in [6.07, 6.45) is 6.62. The van der Waals surface area contributed by atoms with E-state index >= 15 is 0 Å². The lowest BCUT2D eigenvalue weighted by Crippen LogP contribution is -2.29. The molecule has 1 aliphatic carbocycles. The fourth-order valence-corrected chi connectivity index (χ4v) is 10.6. The van der Waals surface area contributed by atoms with Crippen LogP contribution in [0.15, 0.2) is 243 Å². The first-order chi connectivity index (χ1) is 33.1. The van der Waals surface area contributed by atoms with Crippen molar-refractivity contribution >= 4 is 34.2 Å². The van der Waals surface area contributed by atoms with Crippen molar-refractivity contribution in [2.75, 3.05) is 0 Å². The number of hydrogen-bond acceptors (Lipinski definition) is 0. The van der Waals surface area contributed by atoms with Gasteiger partial charge in [-0.25, -0.2) is 0 Å². The third-order valence-corrected chi connectivity index (χ3v) is 13.7. The van der Waals surface area contributed by atoms with Gasteiger partial charge in [-0.1, -0.05) is 237 Å². The predicted octanol–water partition coefficient (Wildman–Crippen LogP) is 17.1. The molecular formula is C67H46. The predicted molar refractivity (Wildman–Crippen MR) is 288 cm³/mol. The van der Waals surface area contributed by atoms with Gasteiger partial charge in [0.1, 0.15) is 0 Å². The van der Waals surface area contributed by atoms with Gasteiger partial charge >= 0.3 is 0 Å². The van der Waals surface area contributed by atoms with E-state index in [-0.39, 0.29) is 0 Å². The van der Waals surface area contributed by atoms with Crippen molar-refractivity contribution in [3.05, 3.63) is 253 Å². The third-order valence-electron chi connectivity index (χ3n) is 13.7. The first-order valence-electron chi connectivity index (χ1n) is 23.2. The van der Waals surface area contributed by atoms with Crippen molar-refractivity contribution in [1.82, 2.24) is 0 Å². The molecule has 67 heavy (non-hydrogen) atoms. The summed E-state index contributed by atoms with van der Waals surface area (Å²) in [7, 11) is 0. The molecule has 0 atom stereocenters. The maximum absolute atomic E-state index is 5.19. The van der Waals surface area contributed by atoms with E-state index in [9.17, 15) is 0 Å². The number of fused-ring (bicyclic) bond motifs is 4. The molecule has 314 valence electrons. The van der Waals surface area contributed by atoms with Crippen molar-refractivity contribution in [2.45, 2.75) is 6.92 Å². The lowest BCUT2D eigenvalue weighted by Gasteiger charge is -2.23. The average Bonchev–Trinajstić information content (AvgIpc) is 3.73. The van der Waals surface area contributed by atoms with E-state index in [0.29, 0.717) is 0 Å². The van der Waals surface area contributed by atoms with Crippen LogP contribution in [-0.2, 0) is 0 Å². The van der Waals surface area contributed by atoms with Crippen LogP contribution in [0.1, 0.15) is 6.92 Å². The zero-order valence-electron chi connectivity index (χ0n) is 37.4. The Balaban J connectivity index is 1.26.